The van der Waals surface area contributed by atoms with Crippen LogP contribution in [-0.2, 0) is 0 Å². The van der Waals surface area contributed by atoms with E-state index in [1.807, 2.05) is 60.9 Å². The van der Waals surface area contributed by atoms with Gasteiger partial charge in [-0.3, -0.25) is 4.98 Å². The van der Waals surface area contributed by atoms with Gasteiger partial charge in [0.1, 0.15) is 0 Å². The van der Waals surface area contributed by atoms with Gasteiger partial charge in [0.05, 0.1) is 11.6 Å². The highest BCUT2D eigenvalue weighted by molar-refractivity contribution is 6.30. The van der Waals surface area contributed by atoms with Gasteiger partial charge in [0.25, 0.3) is 0 Å². The summed E-state index contributed by atoms with van der Waals surface area (Å²) in [6.07, 6.45) is 3.67. The molecule has 114 valence electrons. The van der Waals surface area contributed by atoms with Gasteiger partial charge < -0.3 is 4.98 Å². The summed E-state index contributed by atoms with van der Waals surface area (Å²) in [7, 11) is 0. The number of rotatable bonds is 2. The van der Waals surface area contributed by atoms with Crippen molar-refractivity contribution in [2.75, 3.05) is 0 Å². The van der Waals surface area contributed by atoms with Gasteiger partial charge in [-0.15, -0.1) is 0 Å². The normalized spacial score (nSPS) is 10.7. The number of hydrogen-bond acceptors (Lipinski definition) is 2. The van der Waals surface area contributed by atoms with Crippen molar-refractivity contribution in [1.82, 2.24) is 9.97 Å². The predicted octanol–water partition coefficient (Wildman–Crippen LogP) is 5.42. The number of hydrogen-bond donors (Lipinski definition) is 1. The molecular weight excluding hydrogens is 318 g/mol. The lowest BCUT2D eigenvalue weighted by Crippen LogP contribution is -1.84. The SMILES string of the molecule is N#Cc1ccc2[nH]c(-c3cncc(-c4ccc(Cl)cc4)c3)cc2c1. The third kappa shape index (κ3) is 2.64. The van der Waals surface area contributed by atoms with E-state index in [0.29, 0.717) is 10.6 Å². The molecule has 0 aliphatic rings. The lowest BCUT2D eigenvalue weighted by atomic mass is 10.0. The second kappa shape index (κ2) is 5.84. The summed E-state index contributed by atoms with van der Waals surface area (Å²) in [6, 6.07) is 19.6. The standard InChI is InChI=1S/C20H12ClN3/c21-18-4-2-14(3-5-18)16-8-17(12-23-11-16)20-9-15-7-13(10-22)1-6-19(15)24-20/h1-9,11-12,24H. The van der Waals surface area contributed by atoms with Gasteiger partial charge in [-0.05, 0) is 48.0 Å². The molecule has 2 aromatic carbocycles. The van der Waals surface area contributed by atoms with E-state index >= 15 is 0 Å². The topological polar surface area (TPSA) is 52.5 Å². The molecule has 4 aromatic rings. The predicted molar refractivity (Wildman–Crippen MR) is 96.7 cm³/mol. The van der Waals surface area contributed by atoms with E-state index in [2.05, 4.69) is 22.1 Å². The van der Waals surface area contributed by atoms with E-state index in [-0.39, 0.29) is 0 Å². The minimum atomic E-state index is 0.654. The monoisotopic (exact) mass is 329 g/mol. The van der Waals surface area contributed by atoms with Crippen LogP contribution in [0.15, 0.2) is 67.0 Å². The molecule has 2 heterocycles. The van der Waals surface area contributed by atoms with Crippen LogP contribution >= 0.6 is 11.6 Å². The van der Waals surface area contributed by atoms with Crippen molar-refractivity contribution in [2.24, 2.45) is 0 Å². The first-order valence-electron chi connectivity index (χ1n) is 7.47. The zero-order chi connectivity index (χ0) is 16.5. The van der Waals surface area contributed by atoms with Crippen LogP contribution in [0.2, 0.25) is 5.02 Å². The molecule has 0 aliphatic carbocycles. The summed E-state index contributed by atoms with van der Waals surface area (Å²) in [4.78, 5) is 7.74. The van der Waals surface area contributed by atoms with Crippen LogP contribution in [0.3, 0.4) is 0 Å². The number of nitrogens with one attached hydrogen (secondary N) is 1. The fourth-order valence-corrected chi connectivity index (χ4v) is 2.87. The quantitative estimate of drug-likeness (QED) is 0.533. The molecule has 0 unspecified atom stereocenters. The number of halogens is 1. The van der Waals surface area contributed by atoms with Crippen LogP contribution in [0.5, 0.6) is 0 Å². The number of benzene rings is 2. The van der Waals surface area contributed by atoms with Gasteiger partial charge in [0, 0.05) is 45.1 Å². The number of pyridine rings is 1. The van der Waals surface area contributed by atoms with Gasteiger partial charge in [-0.1, -0.05) is 23.7 Å². The van der Waals surface area contributed by atoms with Gasteiger partial charge >= 0.3 is 0 Å². The summed E-state index contributed by atoms with van der Waals surface area (Å²) < 4.78 is 0. The first-order valence-corrected chi connectivity index (χ1v) is 7.85. The second-order valence-corrected chi connectivity index (χ2v) is 6.00. The third-order valence-corrected chi connectivity index (χ3v) is 4.23. The maximum atomic E-state index is 9.02. The molecule has 0 saturated heterocycles. The van der Waals surface area contributed by atoms with E-state index < -0.39 is 0 Å². The van der Waals surface area contributed by atoms with Gasteiger partial charge in [0.15, 0.2) is 0 Å². The molecule has 0 saturated carbocycles. The van der Waals surface area contributed by atoms with Crippen LogP contribution < -0.4 is 0 Å². The smallest absolute Gasteiger partial charge is 0.0991 e. The molecule has 4 rings (SSSR count). The molecule has 0 fully saturated rings. The van der Waals surface area contributed by atoms with Crippen molar-refractivity contribution in [3.05, 3.63) is 77.6 Å². The van der Waals surface area contributed by atoms with E-state index in [4.69, 9.17) is 16.9 Å². The molecule has 4 heteroatoms. The van der Waals surface area contributed by atoms with Crippen molar-refractivity contribution < 1.29 is 0 Å². The summed E-state index contributed by atoms with van der Waals surface area (Å²) in [5.74, 6) is 0. The Balaban J connectivity index is 1.78. The Kier molecular flexibility index (Phi) is 3.53. The average Bonchev–Trinajstić information content (AvgIpc) is 3.05. The fraction of sp³-hybridized carbons (Fsp3) is 0. The molecule has 0 aliphatic heterocycles. The zero-order valence-electron chi connectivity index (χ0n) is 12.6. The highest BCUT2D eigenvalue weighted by Gasteiger charge is 2.07. The van der Waals surface area contributed by atoms with Gasteiger partial charge in [0.2, 0.25) is 0 Å². The van der Waals surface area contributed by atoms with Crippen LogP contribution in [0, 0.1) is 11.3 Å². The first kappa shape index (κ1) is 14.5. The Morgan fingerprint density at radius 2 is 1.67 bits per heavy atom. The zero-order valence-corrected chi connectivity index (χ0v) is 13.4. The first-order chi connectivity index (χ1) is 11.7. The molecule has 0 radical (unpaired) electrons. The van der Waals surface area contributed by atoms with E-state index in [9.17, 15) is 0 Å². The summed E-state index contributed by atoms with van der Waals surface area (Å²) in [6.45, 7) is 0. The molecule has 1 N–H and O–H groups in total. The molecule has 2 aromatic heterocycles. The number of nitrogens with zero attached hydrogens (tertiary/aromatic N) is 2. The summed E-state index contributed by atoms with van der Waals surface area (Å²) >= 11 is 5.95. The Morgan fingerprint density at radius 3 is 2.46 bits per heavy atom. The molecule has 0 amide bonds. The largest absolute Gasteiger partial charge is 0.354 e. The minimum Gasteiger partial charge on any atom is -0.354 e. The van der Waals surface area contributed by atoms with Gasteiger partial charge in [-0.2, -0.15) is 5.26 Å². The van der Waals surface area contributed by atoms with E-state index in [1.165, 1.54) is 0 Å². The molecule has 24 heavy (non-hydrogen) atoms. The fourth-order valence-electron chi connectivity index (χ4n) is 2.75. The van der Waals surface area contributed by atoms with Crippen molar-refractivity contribution >= 4 is 22.5 Å². The number of fused-ring (bicyclic) bond motifs is 1. The van der Waals surface area contributed by atoms with Crippen LogP contribution in [0.1, 0.15) is 5.56 Å². The second-order valence-electron chi connectivity index (χ2n) is 5.57. The highest BCUT2D eigenvalue weighted by Crippen LogP contribution is 2.28. The Bertz CT molecular complexity index is 1070. The highest BCUT2D eigenvalue weighted by atomic mass is 35.5. The molecular formula is C20H12ClN3. The molecule has 0 bridgehead atoms. The third-order valence-electron chi connectivity index (χ3n) is 3.98. The Hall–Kier alpha value is -3.09. The van der Waals surface area contributed by atoms with Crippen molar-refractivity contribution in [1.29, 1.82) is 5.26 Å². The minimum absolute atomic E-state index is 0.654. The van der Waals surface area contributed by atoms with E-state index in [0.717, 1.165) is 33.3 Å². The van der Waals surface area contributed by atoms with Crippen molar-refractivity contribution in [3.63, 3.8) is 0 Å². The molecule has 3 nitrogen and oxygen atoms in total. The van der Waals surface area contributed by atoms with Crippen molar-refractivity contribution in [3.8, 4) is 28.5 Å². The van der Waals surface area contributed by atoms with Crippen LogP contribution in [0.25, 0.3) is 33.3 Å². The number of aromatic amines is 1. The van der Waals surface area contributed by atoms with Crippen LogP contribution in [0.4, 0.5) is 0 Å². The maximum Gasteiger partial charge on any atom is 0.0991 e. The Labute approximate surface area is 144 Å². The number of H-pyrrole nitrogens is 1. The van der Waals surface area contributed by atoms with Gasteiger partial charge in [-0.25, -0.2) is 0 Å². The van der Waals surface area contributed by atoms with Crippen molar-refractivity contribution in [2.45, 2.75) is 0 Å². The lowest BCUT2D eigenvalue weighted by Gasteiger charge is -2.04. The average molecular weight is 330 g/mol. The Morgan fingerprint density at radius 1 is 0.875 bits per heavy atom. The lowest BCUT2D eigenvalue weighted by molar-refractivity contribution is 1.31. The maximum absolute atomic E-state index is 9.02. The van der Waals surface area contributed by atoms with E-state index in [1.54, 1.807) is 0 Å². The number of nitriles is 1. The van der Waals surface area contributed by atoms with Crippen LogP contribution in [-0.4, -0.2) is 9.97 Å². The molecule has 0 atom stereocenters. The number of aromatic nitrogens is 2. The summed E-state index contributed by atoms with van der Waals surface area (Å²) in [5.41, 5.74) is 5.72. The molecule has 0 spiro atoms. The summed E-state index contributed by atoms with van der Waals surface area (Å²) in [5, 5.41) is 10.8.